The normalized spacial score (nSPS) is 11.0. The molecule has 0 saturated carbocycles. The highest BCUT2D eigenvalue weighted by Gasteiger charge is 2.19. The van der Waals surface area contributed by atoms with Gasteiger partial charge in [-0.05, 0) is 36.1 Å². The molecule has 1 aromatic heterocycles. The Morgan fingerprint density at radius 1 is 0.273 bits per heavy atom. The van der Waals surface area contributed by atoms with Gasteiger partial charge in [0.05, 0.1) is 22.8 Å². The number of aryl methyl sites for hydroxylation is 2. The van der Waals surface area contributed by atoms with Gasteiger partial charge in [-0.25, -0.2) is 9.97 Å². The number of benzene rings is 6. The maximum Gasteiger partial charge on any atom is 0.0973 e. The summed E-state index contributed by atoms with van der Waals surface area (Å²) < 4.78 is 0. The fourth-order valence-corrected chi connectivity index (χ4v) is 5.72. The van der Waals surface area contributed by atoms with Gasteiger partial charge in [-0.2, -0.15) is 0 Å². The third kappa shape index (κ3) is 5.58. The lowest BCUT2D eigenvalue weighted by molar-refractivity contribution is 1.21. The number of aromatic nitrogens is 2. The molecule has 2 nitrogen and oxygen atoms in total. The van der Waals surface area contributed by atoms with Crippen LogP contribution in [-0.4, -0.2) is 9.97 Å². The van der Waals surface area contributed by atoms with Crippen LogP contribution >= 0.6 is 0 Å². The van der Waals surface area contributed by atoms with Crippen molar-refractivity contribution in [3.63, 3.8) is 0 Å². The predicted octanol–water partition coefficient (Wildman–Crippen LogP) is 11.1. The van der Waals surface area contributed by atoms with Crippen LogP contribution in [0.5, 0.6) is 0 Å². The van der Waals surface area contributed by atoms with Crippen molar-refractivity contribution in [2.75, 3.05) is 0 Å². The molecule has 6 aromatic carbocycles. The van der Waals surface area contributed by atoms with E-state index in [-0.39, 0.29) is 0 Å². The molecule has 7 rings (SSSR count). The zero-order valence-electron chi connectivity index (χ0n) is 24.9. The first kappa shape index (κ1) is 27.2. The van der Waals surface area contributed by atoms with Gasteiger partial charge in [0.1, 0.15) is 0 Å². The van der Waals surface area contributed by atoms with Crippen LogP contribution in [-0.2, 0) is 0 Å². The predicted molar refractivity (Wildman–Crippen MR) is 184 cm³/mol. The van der Waals surface area contributed by atoms with Crippen LogP contribution < -0.4 is 0 Å². The Balaban J connectivity index is 1.40. The third-order valence-corrected chi connectivity index (χ3v) is 8.01. The van der Waals surface area contributed by atoms with Crippen LogP contribution in [0.4, 0.5) is 0 Å². The van der Waals surface area contributed by atoms with Gasteiger partial charge >= 0.3 is 0 Å². The zero-order chi connectivity index (χ0) is 29.9. The third-order valence-electron chi connectivity index (χ3n) is 8.01. The molecule has 7 aromatic rings. The van der Waals surface area contributed by atoms with Crippen molar-refractivity contribution in [2.24, 2.45) is 0 Å². The number of rotatable bonds is 6. The molecule has 0 aliphatic heterocycles. The Bertz CT molecular complexity index is 1890. The van der Waals surface area contributed by atoms with Crippen molar-refractivity contribution >= 4 is 0 Å². The van der Waals surface area contributed by atoms with Gasteiger partial charge in [-0.1, -0.05) is 169 Å². The summed E-state index contributed by atoms with van der Waals surface area (Å²) in [7, 11) is 0. The highest BCUT2D eigenvalue weighted by atomic mass is 14.9. The molecule has 1 heterocycles. The summed E-state index contributed by atoms with van der Waals surface area (Å²) in [6.07, 6.45) is 0. The molecule has 0 N–H and O–H groups in total. The van der Waals surface area contributed by atoms with Gasteiger partial charge < -0.3 is 0 Å². The average molecular weight is 565 g/mol. The first-order chi connectivity index (χ1) is 21.6. The van der Waals surface area contributed by atoms with E-state index in [1.54, 1.807) is 0 Å². The summed E-state index contributed by atoms with van der Waals surface area (Å²) in [6, 6.07) is 55.4. The molecule has 0 saturated heterocycles. The average Bonchev–Trinajstić information content (AvgIpc) is 3.09. The molecule has 0 bridgehead atoms. The van der Waals surface area contributed by atoms with Crippen LogP contribution in [0.2, 0.25) is 0 Å². The van der Waals surface area contributed by atoms with E-state index in [1.165, 1.54) is 33.4 Å². The Kier molecular flexibility index (Phi) is 7.40. The fraction of sp³-hybridized carbons (Fsp3) is 0.0476. The van der Waals surface area contributed by atoms with Gasteiger partial charge in [0, 0.05) is 22.3 Å². The largest absolute Gasteiger partial charge is 0.243 e. The van der Waals surface area contributed by atoms with E-state index in [9.17, 15) is 0 Å². The van der Waals surface area contributed by atoms with Crippen molar-refractivity contribution in [1.29, 1.82) is 0 Å². The molecule has 2 heteroatoms. The maximum atomic E-state index is 5.41. The molecule has 0 unspecified atom stereocenters. The number of hydrogen-bond acceptors (Lipinski definition) is 2. The highest BCUT2D eigenvalue weighted by molar-refractivity contribution is 5.87. The second-order valence-corrected chi connectivity index (χ2v) is 11.2. The second-order valence-electron chi connectivity index (χ2n) is 11.2. The molecule has 0 atom stereocenters. The van der Waals surface area contributed by atoms with Crippen molar-refractivity contribution in [3.8, 4) is 67.3 Å². The standard InChI is InChI=1S/C42H32N2/c1-29-11-9-17-37(27-29)31-19-23-35(24-20-31)41-39(33-13-5-3-6-14-33)44-42(40(43-41)34-15-7-4-8-16-34)36-25-21-32(22-26-36)38-18-10-12-30(2)28-38/h3-28H,1-2H3. The van der Waals surface area contributed by atoms with Crippen molar-refractivity contribution in [1.82, 2.24) is 9.97 Å². The van der Waals surface area contributed by atoms with Gasteiger partial charge in [0.25, 0.3) is 0 Å². The van der Waals surface area contributed by atoms with E-state index >= 15 is 0 Å². The first-order valence-corrected chi connectivity index (χ1v) is 15.0. The van der Waals surface area contributed by atoms with E-state index in [1.807, 2.05) is 12.1 Å². The molecule has 0 amide bonds. The summed E-state index contributed by atoms with van der Waals surface area (Å²) in [6.45, 7) is 4.25. The van der Waals surface area contributed by atoms with E-state index in [4.69, 9.17) is 9.97 Å². The summed E-state index contributed by atoms with van der Waals surface area (Å²) >= 11 is 0. The Hall–Kier alpha value is -5.60. The van der Waals surface area contributed by atoms with Crippen LogP contribution in [0.15, 0.2) is 158 Å². The van der Waals surface area contributed by atoms with E-state index in [2.05, 4.69) is 159 Å². The molecule has 0 fully saturated rings. The molecule has 0 radical (unpaired) electrons. The Morgan fingerprint density at radius 2 is 0.568 bits per heavy atom. The molecule has 0 spiro atoms. The van der Waals surface area contributed by atoms with Crippen LogP contribution in [0.3, 0.4) is 0 Å². The van der Waals surface area contributed by atoms with Crippen LogP contribution in [0.25, 0.3) is 67.3 Å². The molecule has 44 heavy (non-hydrogen) atoms. The number of hydrogen-bond donors (Lipinski definition) is 0. The summed E-state index contributed by atoms with van der Waals surface area (Å²) in [5, 5.41) is 0. The molecule has 0 aliphatic rings. The van der Waals surface area contributed by atoms with Crippen molar-refractivity contribution < 1.29 is 0 Å². The summed E-state index contributed by atoms with van der Waals surface area (Å²) in [5.41, 5.74) is 14.9. The van der Waals surface area contributed by atoms with Crippen LogP contribution in [0.1, 0.15) is 11.1 Å². The van der Waals surface area contributed by atoms with Gasteiger partial charge in [0.2, 0.25) is 0 Å². The topological polar surface area (TPSA) is 25.8 Å². The maximum absolute atomic E-state index is 5.41. The zero-order valence-corrected chi connectivity index (χ0v) is 24.9. The quantitative estimate of drug-likeness (QED) is 0.201. The Morgan fingerprint density at radius 3 is 0.909 bits per heavy atom. The minimum absolute atomic E-state index is 0.867. The van der Waals surface area contributed by atoms with Crippen molar-refractivity contribution in [2.45, 2.75) is 13.8 Å². The number of nitrogens with zero attached hydrogens (tertiary/aromatic N) is 2. The van der Waals surface area contributed by atoms with Gasteiger partial charge in [-0.3, -0.25) is 0 Å². The summed E-state index contributed by atoms with van der Waals surface area (Å²) in [5.74, 6) is 0. The monoisotopic (exact) mass is 564 g/mol. The minimum atomic E-state index is 0.867. The Labute approximate surface area is 259 Å². The van der Waals surface area contributed by atoms with E-state index < -0.39 is 0 Å². The molecule has 0 aliphatic carbocycles. The van der Waals surface area contributed by atoms with Gasteiger partial charge in [-0.15, -0.1) is 0 Å². The van der Waals surface area contributed by atoms with E-state index in [0.717, 1.165) is 45.0 Å². The molecular formula is C42H32N2. The smallest absolute Gasteiger partial charge is 0.0973 e. The first-order valence-electron chi connectivity index (χ1n) is 15.0. The SMILES string of the molecule is Cc1cccc(-c2ccc(-c3nc(-c4ccccc4)c(-c4ccc(-c5cccc(C)c5)cc4)nc3-c3ccccc3)cc2)c1. The lowest BCUT2D eigenvalue weighted by atomic mass is 9.96. The van der Waals surface area contributed by atoms with Gasteiger partial charge in [0.15, 0.2) is 0 Å². The molecule has 210 valence electrons. The fourth-order valence-electron chi connectivity index (χ4n) is 5.72. The van der Waals surface area contributed by atoms with E-state index in [0.29, 0.717) is 0 Å². The second kappa shape index (κ2) is 11.9. The molecular weight excluding hydrogens is 532 g/mol. The van der Waals surface area contributed by atoms with Crippen LogP contribution in [0, 0.1) is 13.8 Å². The lowest BCUT2D eigenvalue weighted by Crippen LogP contribution is -2.01. The summed E-state index contributed by atoms with van der Waals surface area (Å²) in [4.78, 5) is 10.8. The highest BCUT2D eigenvalue weighted by Crippen LogP contribution is 2.38. The minimum Gasteiger partial charge on any atom is -0.243 e. The van der Waals surface area contributed by atoms with Crippen molar-refractivity contribution in [3.05, 3.63) is 169 Å². The lowest BCUT2D eigenvalue weighted by Gasteiger charge is -2.16.